The van der Waals surface area contributed by atoms with Crippen LogP contribution in [0.1, 0.15) is 11.3 Å². The van der Waals surface area contributed by atoms with E-state index in [1.54, 1.807) is 30.5 Å². The van der Waals surface area contributed by atoms with E-state index in [1.807, 2.05) is 65.4 Å². The summed E-state index contributed by atoms with van der Waals surface area (Å²) >= 11 is 6.15. The van der Waals surface area contributed by atoms with Crippen molar-refractivity contribution in [3.05, 3.63) is 118 Å². The summed E-state index contributed by atoms with van der Waals surface area (Å²) in [5.41, 5.74) is 3.93. The Labute approximate surface area is 205 Å². The van der Waals surface area contributed by atoms with E-state index in [0.717, 1.165) is 22.3 Å². The summed E-state index contributed by atoms with van der Waals surface area (Å²) in [7, 11) is 0. The van der Waals surface area contributed by atoms with Crippen LogP contribution >= 0.6 is 11.6 Å². The Morgan fingerprint density at radius 3 is 2.69 bits per heavy atom. The van der Waals surface area contributed by atoms with Crippen LogP contribution in [0, 0.1) is 6.92 Å². The molecule has 0 saturated heterocycles. The number of para-hydroxylation sites is 2. The molecule has 3 aromatic heterocycles. The fourth-order valence-corrected chi connectivity index (χ4v) is 4.36. The van der Waals surface area contributed by atoms with Gasteiger partial charge >= 0.3 is 0 Å². The number of hydrogen-bond donors (Lipinski definition) is 0. The number of benzene rings is 3. The first-order valence-corrected chi connectivity index (χ1v) is 11.5. The molecule has 6 rings (SSSR count). The molecular formula is C28H19ClN4O2. The van der Waals surface area contributed by atoms with Crippen molar-refractivity contribution in [2.24, 2.45) is 5.10 Å². The molecule has 0 bridgehead atoms. The molecule has 3 heterocycles. The smallest absolute Gasteiger partial charge is 0.282 e. The van der Waals surface area contributed by atoms with Crippen molar-refractivity contribution < 1.29 is 4.42 Å². The first-order chi connectivity index (χ1) is 17.1. The Bertz CT molecular complexity index is 1810. The third-order valence-electron chi connectivity index (χ3n) is 5.91. The predicted molar refractivity (Wildman–Crippen MR) is 140 cm³/mol. The van der Waals surface area contributed by atoms with Crippen LogP contribution in [0.2, 0.25) is 5.02 Å². The minimum atomic E-state index is -0.283. The minimum Gasteiger partial charge on any atom is -0.453 e. The Kier molecular flexibility index (Phi) is 5.08. The number of aryl methyl sites for hydroxylation is 1. The first-order valence-electron chi connectivity index (χ1n) is 11.1. The van der Waals surface area contributed by atoms with Gasteiger partial charge in [0.1, 0.15) is 5.58 Å². The van der Waals surface area contributed by atoms with Gasteiger partial charge in [-0.15, -0.1) is 0 Å². The van der Waals surface area contributed by atoms with Crippen LogP contribution in [0.25, 0.3) is 39.1 Å². The molecular weight excluding hydrogens is 460 g/mol. The van der Waals surface area contributed by atoms with Crippen molar-refractivity contribution in [2.75, 3.05) is 0 Å². The zero-order valence-corrected chi connectivity index (χ0v) is 19.5. The van der Waals surface area contributed by atoms with Crippen molar-refractivity contribution in [2.45, 2.75) is 6.92 Å². The fourth-order valence-electron chi connectivity index (χ4n) is 4.18. The molecule has 0 aliphatic rings. The molecule has 0 fully saturated rings. The van der Waals surface area contributed by atoms with E-state index in [9.17, 15) is 4.79 Å². The largest absolute Gasteiger partial charge is 0.453 e. The van der Waals surface area contributed by atoms with Crippen molar-refractivity contribution in [1.82, 2.24) is 14.2 Å². The molecule has 7 heteroatoms. The quantitative estimate of drug-likeness (QED) is 0.274. The van der Waals surface area contributed by atoms with Crippen LogP contribution in [0.15, 0.2) is 105 Å². The fraction of sp³-hybridized carbons (Fsp3) is 0.0357. The van der Waals surface area contributed by atoms with E-state index in [4.69, 9.17) is 21.0 Å². The first kappa shape index (κ1) is 21.1. The second kappa shape index (κ2) is 8.42. The van der Waals surface area contributed by atoms with E-state index >= 15 is 0 Å². The van der Waals surface area contributed by atoms with E-state index in [-0.39, 0.29) is 5.56 Å². The van der Waals surface area contributed by atoms with Crippen molar-refractivity contribution >= 4 is 39.7 Å². The maximum Gasteiger partial charge on any atom is 0.282 e. The van der Waals surface area contributed by atoms with Gasteiger partial charge in [0.05, 0.1) is 22.8 Å². The van der Waals surface area contributed by atoms with Crippen LogP contribution < -0.4 is 5.56 Å². The van der Waals surface area contributed by atoms with Gasteiger partial charge in [0.15, 0.2) is 5.76 Å². The lowest BCUT2D eigenvalue weighted by molar-refractivity contribution is 0.616. The van der Waals surface area contributed by atoms with Gasteiger partial charge in [0, 0.05) is 22.3 Å². The molecule has 35 heavy (non-hydrogen) atoms. The molecule has 0 radical (unpaired) electrons. The molecule has 6 nitrogen and oxygen atoms in total. The second-order valence-corrected chi connectivity index (χ2v) is 8.63. The summed E-state index contributed by atoms with van der Waals surface area (Å²) in [5.74, 6) is 0.739. The summed E-state index contributed by atoms with van der Waals surface area (Å²) < 4.78 is 9.36. The maximum atomic E-state index is 13.5. The molecule has 0 spiro atoms. The number of fused-ring (bicyclic) bond motifs is 2. The summed E-state index contributed by atoms with van der Waals surface area (Å²) in [5, 5.41) is 6.48. The minimum absolute atomic E-state index is 0.283. The van der Waals surface area contributed by atoms with E-state index in [1.165, 1.54) is 4.68 Å². The molecule has 0 N–H and O–H groups in total. The monoisotopic (exact) mass is 478 g/mol. The lowest BCUT2D eigenvalue weighted by Gasteiger charge is -2.10. The Morgan fingerprint density at radius 1 is 0.971 bits per heavy atom. The van der Waals surface area contributed by atoms with Gasteiger partial charge in [-0.25, -0.2) is 4.98 Å². The third kappa shape index (κ3) is 3.74. The highest BCUT2D eigenvalue weighted by molar-refractivity contribution is 6.31. The van der Waals surface area contributed by atoms with Gasteiger partial charge in [-0.2, -0.15) is 9.78 Å². The summed E-state index contributed by atoms with van der Waals surface area (Å²) in [6.45, 7) is 2.06. The highest BCUT2D eigenvalue weighted by Gasteiger charge is 2.17. The van der Waals surface area contributed by atoms with Gasteiger partial charge < -0.3 is 8.98 Å². The van der Waals surface area contributed by atoms with Gasteiger partial charge in [-0.1, -0.05) is 41.9 Å². The molecule has 0 aliphatic carbocycles. The molecule has 0 amide bonds. The molecule has 0 aliphatic heterocycles. The lowest BCUT2D eigenvalue weighted by Crippen LogP contribution is -2.20. The Hall–Kier alpha value is -4.42. The molecule has 6 aromatic rings. The lowest BCUT2D eigenvalue weighted by atomic mass is 10.2. The summed E-state index contributed by atoms with van der Waals surface area (Å²) in [6, 6.07) is 26.4. The van der Waals surface area contributed by atoms with Crippen LogP contribution in [-0.4, -0.2) is 20.4 Å². The van der Waals surface area contributed by atoms with Gasteiger partial charge in [0.25, 0.3) is 5.56 Å². The molecule has 170 valence electrons. The zero-order chi connectivity index (χ0) is 23.9. The highest BCUT2D eigenvalue weighted by atomic mass is 35.5. The summed E-state index contributed by atoms with van der Waals surface area (Å²) in [6.07, 6.45) is 3.63. The average molecular weight is 479 g/mol. The number of furan rings is 1. The van der Waals surface area contributed by atoms with Crippen LogP contribution in [0.4, 0.5) is 0 Å². The van der Waals surface area contributed by atoms with Gasteiger partial charge in [-0.05, 0) is 67.1 Å². The second-order valence-electron chi connectivity index (χ2n) is 8.20. The predicted octanol–water partition coefficient (Wildman–Crippen LogP) is 6.44. The van der Waals surface area contributed by atoms with Crippen molar-refractivity contribution in [3.63, 3.8) is 0 Å². The summed E-state index contributed by atoms with van der Waals surface area (Å²) in [4.78, 5) is 18.2. The van der Waals surface area contributed by atoms with Crippen LogP contribution in [-0.2, 0) is 0 Å². The number of rotatable bonds is 4. The zero-order valence-electron chi connectivity index (χ0n) is 18.7. The Balaban J connectivity index is 1.54. The molecule has 0 saturated carbocycles. The highest BCUT2D eigenvalue weighted by Crippen LogP contribution is 2.29. The van der Waals surface area contributed by atoms with Crippen molar-refractivity contribution in [3.8, 4) is 17.3 Å². The maximum absolute atomic E-state index is 13.5. The molecule has 0 unspecified atom stereocenters. The van der Waals surface area contributed by atoms with E-state index < -0.39 is 0 Å². The standard InChI is InChI=1S/C28H19ClN4O2/c1-18-7-2-5-11-24(18)32-14-6-8-21(32)17-30-33-27(31-23-10-4-3-9-22(23)28(33)34)26-16-19-15-20(29)12-13-25(19)35-26/h2-17H,1H3. The van der Waals surface area contributed by atoms with E-state index in [2.05, 4.69) is 18.1 Å². The molecule has 0 atom stereocenters. The van der Waals surface area contributed by atoms with Crippen LogP contribution in [0.3, 0.4) is 0 Å². The topological polar surface area (TPSA) is 65.3 Å². The van der Waals surface area contributed by atoms with Crippen LogP contribution in [0.5, 0.6) is 0 Å². The van der Waals surface area contributed by atoms with E-state index in [0.29, 0.717) is 33.1 Å². The molecule has 3 aromatic carbocycles. The number of nitrogens with zero attached hydrogens (tertiary/aromatic N) is 4. The number of aromatic nitrogens is 3. The third-order valence-corrected chi connectivity index (χ3v) is 6.15. The van der Waals surface area contributed by atoms with Crippen molar-refractivity contribution in [1.29, 1.82) is 0 Å². The SMILES string of the molecule is Cc1ccccc1-n1cccc1C=Nn1c(-c2cc3cc(Cl)ccc3o2)nc2ccccc2c1=O. The number of halogens is 1. The van der Waals surface area contributed by atoms with Gasteiger partial charge in [-0.3, -0.25) is 4.79 Å². The van der Waals surface area contributed by atoms with Gasteiger partial charge in [0.2, 0.25) is 5.82 Å². The average Bonchev–Trinajstić information content (AvgIpc) is 3.50. The number of hydrogen-bond acceptors (Lipinski definition) is 4. The normalized spacial score (nSPS) is 11.7. The Morgan fingerprint density at radius 2 is 1.80 bits per heavy atom.